The van der Waals surface area contributed by atoms with Crippen molar-refractivity contribution in [3.63, 3.8) is 0 Å². The minimum Gasteiger partial charge on any atom is -0.392 e. The van der Waals surface area contributed by atoms with E-state index in [-0.39, 0.29) is 12.0 Å². The second-order valence-corrected chi connectivity index (χ2v) is 5.29. The zero-order valence-corrected chi connectivity index (χ0v) is 10.3. The van der Waals surface area contributed by atoms with Crippen LogP contribution in [-0.2, 0) is 13.2 Å². The van der Waals surface area contributed by atoms with Crippen LogP contribution in [0, 0.1) is 16.7 Å². The maximum Gasteiger partial charge on any atom is 0.0702 e. The zero-order chi connectivity index (χ0) is 12.6. The fourth-order valence-electron chi connectivity index (χ4n) is 2.70. The van der Waals surface area contributed by atoms with E-state index in [0.29, 0.717) is 6.42 Å². The summed E-state index contributed by atoms with van der Waals surface area (Å²) in [6.45, 7) is 0.952. The number of aromatic nitrogens is 1. The van der Waals surface area contributed by atoms with Gasteiger partial charge in [-0.05, 0) is 24.3 Å². The Morgan fingerprint density at radius 3 is 2.83 bits per heavy atom. The topological polar surface area (TPSA) is 49.0 Å². The van der Waals surface area contributed by atoms with E-state index in [0.717, 1.165) is 35.9 Å². The average molecular weight is 240 g/mol. The van der Waals surface area contributed by atoms with Gasteiger partial charge in [-0.25, -0.2) is 0 Å². The molecule has 1 aromatic carbocycles. The van der Waals surface area contributed by atoms with Crippen molar-refractivity contribution in [1.29, 1.82) is 5.26 Å². The van der Waals surface area contributed by atoms with E-state index < -0.39 is 0 Å². The first-order valence-electron chi connectivity index (χ1n) is 6.33. The fraction of sp³-hybridized carbons (Fsp3) is 0.400. The highest BCUT2D eigenvalue weighted by atomic mass is 16.3. The van der Waals surface area contributed by atoms with Crippen molar-refractivity contribution in [2.24, 2.45) is 5.41 Å². The molecule has 1 saturated carbocycles. The maximum absolute atomic E-state index is 9.43. The second-order valence-electron chi connectivity index (χ2n) is 5.29. The summed E-state index contributed by atoms with van der Waals surface area (Å²) < 4.78 is 2.20. The lowest BCUT2D eigenvalue weighted by Gasteiger charge is -2.14. The number of benzene rings is 1. The van der Waals surface area contributed by atoms with Gasteiger partial charge in [-0.15, -0.1) is 0 Å². The summed E-state index contributed by atoms with van der Waals surface area (Å²) in [5, 5.41) is 19.5. The summed E-state index contributed by atoms with van der Waals surface area (Å²) in [5.41, 5.74) is 2.26. The highest BCUT2D eigenvalue weighted by Gasteiger charge is 2.42. The van der Waals surface area contributed by atoms with E-state index in [1.807, 2.05) is 12.1 Å². The van der Waals surface area contributed by atoms with Crippen LogP contribution in [0.15, 0.2) is 30.5 Å². The van der Waals surface area contributed by atoms with E-state index in [4.69, 9.17) is 5.26 Å². The molecular weight excluding hydrogens is 224 g/mol. The van der Waals surface area contributed by atoms with Gasteiger partial charge in [0.05, 0.1) is 18.2 Å². The normalized spacial score (nSPS) is 16.7. The lowest BCUT2D eigenvalue weighted by atomic mass is 10.0. The molecular formula is C15H16N2O. The van der Waals surface area contributed by atoms with Crippen LogP contribution in [0.1, 0.15) is 24.8 Å². The number of hydrogen-bond acceptors (Lipinski definition) is 2. The molecule has 3 rings (SSSR count). The summed E-state index contributed by atoms with van der Waals surface area (Å²) >= 11 is 0. The molecule has 1 aliphatic rings. The van der Waals surface area contributed by atoms with Crippen molar-refractivity contribution in [3.05, 3.63) is 36.0 Å². The van der Waals surface area contributed by atoms with Crippen molar-refractivity contribution < 1.29 is 5.11 Å². The molecule has 0 spiro atoms. The van der Waals surface area contributed by atoms with Gasteiger partial charge in [0.2, 0.25) is 0 Å². The molecule has 0 saturated heterocycles. The molecule has 1 N–H and O–H groups in total. The van der Waals surface area contributed by atoms with E-state index in [1.165, 1.54) is 0 Å². The summed E-state index contributed by atoms with van der Waals surface area (Å²) in [7, 11) is 0. The highest BCUT2D eigenvalue weighted by Crippen LogP contribution is 2.50. The third-order valence-electron chi connectivity index (χ3n) is 3.96. The van der Waals surface area contributed by atoms with Crippen LogP contribution in [-0.4, -0.2) is 9.67 Å². The molecule has 2 aromatic rings. The molecule has 0 amide bonds. The van der Waals surface area contributed by atoms with Crippen LogP contribution in [0.3, 0.4) is 0 Å². The molecule has 0 unspecified atom stereocenters. The standard InChI is InChI=1S/C15H16N2O/c16-8-7-15(5-6-15)11-17-9-4-12-2-1-3-13(10-18)14(12)17/h1-4,9,18H,5-7,10-11H2. The molecule has 1 heterocycles. The van der Waals surface area contributed by atoms with E-state index in [2.05, 4.69) is 29.0 Å². The van der Waals surface area contributed by atoms with Gasteiger partial charge in [0.15, 0.2) is 0 Å². The van der Waals surface area contributed by atoms with Crippen LogP contribution < -0.4 is 0 Å². The molecule has 0 aliphatic heterocycles. The number of nitriles is 1. The van der Waals surface area contributed by atoms with E-state index in [9.17, 15) is 5.11 Å². The van der Waals surface area contributed by atoms with Gasteiger partial charge in [-0.2, -0.15) is 5.26 Å². The van der Waals surface area contributed by atoms with Crippen LogP contribution >= 0.6 is 0 Å². The van der Waals surface area contributed by atoms with Gasteiger partial charge in [-0.3, -0.25) is 0 Å². The zero-order valence-electron chi connectivity index (χ0n) is 10.3. The molecule has 0 atom stereocenters. The summed E-state index contributed by atoms with van der Waals surface area (Å²) in [6.07, 6.45) is 4.98. The van der Waals surface area contributed by atoms with Crippen molar-refractivity contribution in [3.8, 4) is 6.07 Å². The average Bonchev–Trinajstić information content (AvgIpc) is 3.02. The first-order valence-corrected chi connectivity index (χ1v) is 6.33. The number of aliphatic hydroxyl groups is 1. The van der Waals surface area contributed by atoms with Gasteiger partial charge < -0.3 is 9.67 Å². The highest BCUT2D eigenvalue weighted by molar-refractivity contribution is 5.83. The van der Waals surface area contributed by atoms with Crippen molar-refractivity contribution in [2.45, 2.75) is 32.4 Å². The molecule has 18 heavy (non-hydrogen) atoms. The Labute approximate surface area is 106 Å². The van der Waals surface area contributed by atoms with Gasteiger partial charge in [0, 0.05) is 30.1 Å². The number of fused-ring (bicyclic) bond motifs is 1. The molecule has 92 valence electrons. The van der Waals surface area contributed by atoms with Gasteiger partial charge in [0.1, 0.15) is 0 Å². The lowest BCUT2D eigenvalue weighted by Crippen LogP contribution is -2.11. The Balaban J connectivity index is 2.00. The monoisotopic (exact) mass is 240 g/mol. The van der Waals surface area contributed by atoms with E-state index in [1.54, 1.807) is 0 Å². The van der Waals surface area contributed by atoms with Crippen molar-refractivity contribution in [2.75, 3.05) is 0 Å². The number of para-hydroxylation sites is 1. The van der Waals surface area contributed by atoms with Crippen LogP contribution in [0.25, 0.3) is 10.9 Å². The smallest absolute Gasteiger partial charge is 0.0702 e. The third kappa shape index (κ3) is 1.79. The summed E-state index contributed by atoms with van der Waals surface area (Å²) in [6, 6.07) is 10.4. The Morgan fingerprint density at radius 1 is 1.33 bits per heavy atom. The number of nitrogens with zero attached hydrogens (tertiary/aromatic N) is 2. The molecule has 3 nitrogen and oxygen atoms in total. The Morgan fingerprint density at radius 2 is 2.17 bits per heavy atom. The molecule has 1 aliphatic carbocycles. The lowest BCUT2D eigenvalue weighted by molar-refractivity contribution is 0.282. The SMILES string of the molecule is N#CCC1(Cn2ccc3cccc(CO)c32)CC1. The van der Waals surface area contributed by atoms with Gasteiger partial charge in [-0.1, -0.05) is 18.2 Å². The van der Waals surface area contributed by atoms with Crippen LogP contribution in [0.2, 0.25) is 0 Å². The van der Waals surface area contributed by atoms with Gasteiger partial charge >= 0.3 is 0 Å². The van der Waals surface area contributed by atoms with Gasteiger partial charge in [0.25, 0.3) is 0 Å². The van der Waals surface area contributed by atoms with E-state index >= 15 is 0 Å². The largest absolute Gasteiger partial charge is 0.392 e. The molecule has 3 heteroatoms. The molecule has 0 radical (unpaired) electrons. The summed E-state index contributed by atoms with van der Waals surface area (Å²) in [4.78, 5) is 0. The third-order valence-corrected chi connectivity index (χ3v) is 3.96. The van der Waals surface area contributed by atoms with Crippen LogP contribution in [0.4, 0.5) is 0 Å². The van der Waals surface area contributed by atoms with Crippen molar-refractivity contribution >= 4 is 10.9 Å². The Bertz CT molecular complexity index is 617. The van der Waals surface area contributed by atoms with Crippen molar-refractivity contribution in [1.82, 2.24) is 4.57 Å². The minimum absolute atomic E-state index is 0.0621. The predicted molar refractivity (Wildman–Crippen MR) is 69.8 cm³/mol. The second kappa shape index (κ2) is 4.15. The Hall–Kier alpha value is -1.79. The summed E-state index contributed by atoms with van der Waals surface area (Å²) in [5.74, 6) is 0. The number of aliphatic hydroxyl groups excluding tert-OH is 1. The Kier molecular flexibility index (Phi) is 2.61. The molecule has 1 aromatic heterocycles. The molecule has 1 fully saturated rings. The number of hydrogen-bond donors (Lipinski definition) is 1. The predicted octanol–water partition coefficient (Wildman–Crippen LogP) is 2.83. The first kappa shape index (κ1) is 11.3. The van der Waals surface area contributed by atoms with Crippen LogP contribution in [0.5, 0.6) is 0 Å². The first-order chi connectivity index (χ1) is 8.78. The number of rotatable bonds is 4. The fourth-order valence-corrected chi connectivity index (χ4v) is 2.70. The maximum atomic E-state index is 9.43. The molecule has 0 bridgehead atoms. The quantitative estimate of drug-likeness (QED) is 0.893. The minimum atomic E-state index is 0.0621.